The van der Waals surface area contributed by atoms with E-state index in [-0.39, 0.29) is 27.8 Å². The quantitative estimate of drug-likeness (QED) is 0.407. The molecule has 4 rings (SSSR count). The molecule has 0 saturated heterocycles. The molecular weight excluding hydrogens is 506 g/mol. The Morgan fingerprint density at radius 1 is 1.19 bits per heavy atom. The molecule has 1 atom stereocenters. The number of carbonyl (C=O) groups is 1. The minimum Gasteiger partial charge on any atom is -0.325 e. The molecule has 10 heteroatoms. The van der Waals surface area contributed by atoms with Gasteiger partial charge in [0.2, 0.25) is 5.91 Å². The van der Waals surface area contributed by atoms with Crippen molar-refractivity contribution in [3.8, 4) is 6.07 Å². The normalized spacial score (nSPS) is 15.4. The zero-order chi connectivity index (χ0) is 26.6. The number of hydrogen-bond acceptors (Lipinski definition) is 7. The van der Waals surface area contributed by atoms with E-state index in [2.05, 4.69) is 41.9 Å². The van der Waals surface area contributed by atoms with Crippen LogP contribution in [0.25, 0.3) is 0 Å². The first-order chi connectivity index (χ1) is 17.5. The van der Waals surface area contributed by atoms with Gasteiger partial charge in [0.1, 0.15) is 16.9 Å². The molecule has 0 saturated carbocycles. The molecule has 1 aromatic carbocycles. The van der Waals surface area contributed by atoms with Crippen LogP contribution in [0.2, 0.25) is 0 Å². The summed E-state index contributed by atoms with van der Waals surface area (Å²) in [5.41, 5.74) is 3.30. The van der Waals surface area contributed by atoms with Gasteiger partial charge in [-0.2, -0.15) is 5.26 Å². The van der Waals surface area contributed by atoms with Crippen LogP contribution in [-0.4, -0.2) is 30.0 Å². The molecule has 1 unspecified atom stereocenters. The second-order valence-corrected chi connectivity index (χ2v) is 12.7. The third-order valence-corrected chi connectivity index (χ3v) is 8.75. The summed E-state index contributed by atoms with van der Waals surface area (Å²) in [6, 6.07) is 15.0. The maximum Gasteiger partial charge on any atom is 0.263 e. The Kier molecular flexibility index (Phi) is 7.85. The summed E-state index contributed by atoms with van der Waals surface area (Å²) in [6.07, 6.45) is 4.33. The van der Waals surface area contributed by atoms with Gasteiger partial charge in [0, 0.05) is 17.6 Å². The first kappa shape index (κ1) is 26.6. The Bertz CT molecular complexity index is 1430. The molecule has 0 aliphatic heterocycles. The molecular formula is C27H29N5O3S2. The van der Waals surface area contributed by atoms with Gasteiger partial charge in [-0.25, -0.2) is 18.4 Å². The number of rotatable bonds is 7. The first-order valence-corrected chi connectivity index (χ1v) is 14.4. The molecule has 2 N–H and O–H groups in total. The highest BCUT2D eigenvalue weighted by atomic mass is 32.2. The number of aromatic nitrogens is 2. The standard InChI is InChI=1S/C27H29N5O3S2/c1-27(2,3)20-7-12-23-18(15-20)14-19(16-28)26(31-23)36-17-25(33)30-21-8-10-22(11-9-21)37(34,35)32-24-6-4-5-13-29-24/h4-6,8-11,13-14,20H,7,12,15,17H2,1-3H3,(H,29,32)(H,30,33). The fourth-order valence-corrected chi connectivity index (χ4v) is 6.03. The number of nitrogens with one attached hydrogen (secondary N) is 2. The van der Waals surface area contributed by atoms with E-state index in [0.29, 0.717) is 22.2 Å². The molecule has 1 amide bonds. The Hall–Kier alpha value is -3.42. The van der Waals surface area contributed by atoms with Crippen molar-refractivity contribution >= 4 is 39.2 Å². The van der Waals surface area contributed by atoms with E-state index in [9.17, 15) is 18.5 Å². The highest BCUT2D eigenvalue weighted by molar-refractivity contribution is 8.00. The molecule has 3 aromatic rings. The third kappa shape index (κ3) is 6.67. The largest absolute Gasteiger partial charge is 0.325 e. The van der Waals surface area contributed by atoms with E-state index in [1.807, 2.05) is 6.07 Å². The molecule has 1 aliphatic carbocycles. The Labute approximate surface area is 222 Å². The predicted molar refractivity (Wildman–Crippen MR) is 145 cm³/mol. The van der Waals surface area contributed by atoms with Crippen molar-refractivity contribution in [2.45, 2.75) is 50.0 Å². The molecule has 1 aliphatic rings. The number of thioether (sulfide) groups is 1. The zero-order valence-corrected chi connectivity index (χ0v) is 22.6. The summed E-state index contributed by atoms with van der Waals surface area (Å²) in [6.45, 7) is 6.74. The molecule has 0 spiro atoms. The van der Waals surface area contributed by atoms with Crippen molar-refractivity contribution in [3.63, 3.8) is 0 Å². The fraction of sp³-hybridized carbons (Fsp3) is 0.333. The second kappa shape index (κ2) is 10.9. The summed E-state index contributed by atoms with van der Waals surface area (Å²) in [7, 11) is -3.80. The Morgan fingerprint density at radius 2 is 1.95 bits per heavy atom. The van der Waals surface area contributed by atoms with Crippen molar-refractivity contribution in [2.24, 2.45) is 11.3 Å². The van der Waals surface area contributed by atoms with Crippen LogP contribution in [0.15, 0.2) is 64.6 Å². The van der Waals surface area contributed by atoms with Crippen molar-refractivity contribution < 1.29 is 13.2 Å². The SMILES string of the molecule is CC(C)(C)C1CCc2nc(SCC(=O)Nc3ccc(S(=O)(=O)Nc4ccccn4)cc3)c(C#N)cc2C1. The predicted octanol–water partition coefficient (Wildman–Crippen LogP) is 5.03. The van der Waals surface area contributed by atoms with Crippen molar-refractivity contribution in [1.82, 2.24) is 9.97 Å². The number of aryl methyl sites for hydroxylation is 1. The van der Waals surface area contributed by atoms with Crippen LogP contribution in [0.5, 0.6) is 0 Å². The van der Waals surface area contributed by atoms with Gasteiger partial charge in [-0.3, -0.25) is 9.52 Å². The second-order valence-electron chi connectivity index (χ2n) is 10.0. The summed E-state index contributed by atoms with van der Waals surface area (Å²) in [5, 5.41) is 13.0. The van der Waals surface area contributed by atoms with Gasteiger partial charge in [-0.05, 0) is 78.6 Å². The number of nitriles is 1. The lowest BCUT2D eigenvalue weighted by molar-refractivity contribution is -0.113. The van der Waals surface area contributed by atoms with E-state index in [4.69, 9.17) is 4.98 Å². The van der Waals surface area contributed by atoms with E-state index in [1.165, 1.54) is 42.2 Å². The molecule has 2 heterocycles. The number of amides is 1. The van der Waals surface area contributed by atoms with Crippen molar-refractivity contribution in [3.05, 3.63) is 71.5 Å². The number of hydrogen-bond donors (Lipinski definition) is 2. The van der Waals surface area contributed by atoms with Gasteiger partial charge < -0.3 is 5.32 Å². The number of nitrogens with zero attached hydrogens (tertiary/aromatic N) is 3. The number of pyridine rings is 2. The lowest BCUT2D eigenvalue weighted by Crippen LogP contribution is -2.27. The van der Waals surface area contributed by atoms with E-state index >= 15 is 0 Å². The zero-order valence-electron chi connectivity index (χ0n) is 21.0. The minimum absolute atomic E-state index is 0.0520. The van der Waals surface area contributed by atoms with Gasteiger partial charge in [0.15, 0.2) is 0 Å². The van der Waals surface area contributed by atoms with Crippen LogP contribution in [0.3, 0.4) is 0 Å². The lowest BCUT2D eigenvalue weighted by atomic mass is 9.71. The molecule has 192 valence electrons. The highest BCUT2D eigenvalue weighted by Crippen LogP contribution is 2.38. The van der Waals surface area contributed by atoms with Crippen LogP contribution in [0, 0.1) is 22.7 Å². The number of fused-ring (bicyclic) bond motifs is 1. The van der Waals surface area contributed by atoms with Crippen molar-refractivity contribution in [1.29, 1.82) is 5.26 Å². The molecule has 2 aromatic heterocycles. The number of anilines is 2. The molecule has 0 bridgehead atoms. The van der Waals surface area contributed by atoms with Gasteiger partial charge >= 0.3 is 0 Å². The van der Waals surface area contributed by atoms with E-state index in [0.717, 1.165) is 30.5 Å². The van der Waals surface area contributed by atoms with Crippen LogP contribution in [-0.2, 0) is 27.7 Å². The van der Waals surface area contributed by atoms with Gasteiger partial charge in [0.25, 0.3) is 10.0 Å². The van der Waals surface area contributed by atoms with Crippen LogP contribution in [0.1, 0.15) is 44.0 Å². The summed E-state index contributed by atoms with van der Waals surface area (Å²) in [5.74, 6) is 0.568. The van der Waals surface area contributed by atoms with Crippen LogP contribution >= 0.6 is 11.8 Å². The van der Waals surface area contributed by atoms with Gasteiger partial charge in [-0.15, -0.1) is 0 Å². The fourth-order valence-electron chi connectivity index (χ4n) is 4.24. The number of benzene rings is 1. The monoisotopic (exact) mass is 535 g/mol. The molecule has 0 fully saturated rings. The van der Waals surface area contributed by atoms with E-state index in [1.54, 1.807) is 18.2 Å². The maximum absolute atomic E-state index is 12.6. The first-order valence-electron chi connectivity index (χ1n) is 11.9. The Morgan fingerprint density at radius 3 is 2.59 bits per heavy atom. The van der Waals surface area contributed by atoms with Crippen LogP contribution in [0.4, 0.5) is 11.5 Å². The topological polar surface area (TPSA) is 125 Å². The molecule has 0 radical (unpaired) electrons. The molecule has 37 heavy (non-hydrogen) atoms. The molecule has 8 nitrogen and oxygen atoms in total. The minimum atomic E-state index is -3.80. The smallest absolute Gasteiger partial charge is 0.263 e. The summed E-state index contributed by atoms with van der Waals surface area (Å²) >= 11 is 1.23. The lowest BCUT2D eigenvalue weighted by Gasteiger charge is -2.34. The third-order valence-electron chi connectivity index (χ3n) is 6.39. The summed E-state index contributed by atoms with van der Waals surface area (Å²) < 4.78 is 27.5. The maximum atomic E-state index is 12.6. The number of carbonyl (C=O) groups excluding carboxylic acids is 1. The number of sulfonamides is 1. The average molecular weight is 536 g/mol. The van der Waals surface area contributed by atoms with Gasteiger partial charge in [-0.1, -0.05) is 38.6 Å². The summed E-state index contributed by atoms with van der Waals surface area (Å²) in [4.78, 5) is 21.3. The van der Waals surface area contributed by atoms with Crippen LogP contribution < -0.4 is 10.0 Å². The Balaban J connectivity index is 1.37. The van der Waals surface area contributed by atoms with Gasteiger partial charge in [0.05, 0.1) is 16.2 Å². The highest BCUT2D eigenvalue weighted by Gasteiger charge is 2.30. The van der Waals surface area contributed by atoms with E-state index < -0.39 is 10.0 Å². The van der Waals surface area contributed by atoms with Crippen molar-refractivity contribution in [2.75, 3.05) is 15.8 Å². The average Bonchev–Trinajstić information content (AvgIpc) is 2.86.